The number of hydrogen-bond donors (Lipinski definition) is 2. The first-order chi connectivity index (χ1) is 2.27. The topological polar surface area (TPSA) is 23.8 Å². The summed E-state index contributed by atoms with van der Waals surface area (Å²) in [5, 5.41) is 7.74. The Kier molecular flexibility index (Phi) is 2.52. The van der Waals surface area contributed by atoms with Crippen molar-refractivity contribution >= 4 is 25.3 Å². The van der Waals surface area contributed by atoms with Gasteiger partial charge in [-0.2, -0.15) is 30.5 Å². The minimum Gasteiger partial charge on any atom is -0.196 e. The maximum Gasteiger partial charge on any atom is 0.132 e. The first-order valence-corrected chi connectivity index (χ1v) is 2.06. The molecule has 5 heavy (non-hydrogen) atoms. The molecule has 0 rings (SSSR count). The van der Waals surface area contributed by atoms with Gasteiger partial charge in [0, 0.05) is 0 Å². The summed E-state index contributed by atoms with van der Waals surface area (Å²) >= 11 is 7.20. The van der Waals surface area contributed by atoms with Gasteiger partial charge in [-0.1, -0.05) is 0 Å². The fourth-order valence-corrected chi connectivity index (χ4v) is 0. The monoisotopic (exact) mass is 105 g/mol. The lowest BCUT2D eigenvalue weighted by molar-refractivity contribution is 1.48. The van der Waals surface area contributed by atoms with Gasteiger partial charge in [0.2, 0.25) is 0 Å². The number of nitrogens with zero attached hydrogens (tertiary/aromatic N) is 1. The lowest BCUT2D eigenvalue weighted by atomic mass is 10.9. The molecule has 0 aliphatic heterocycles. The largest absolute Gasteiger partial charge is 0.196 e. The van der Waals surface area contributed by atoms with Crippen molar-refractivity contribution in [1.82, 2.24) is 0 Å². The van der Waals surface area contributed by atoms with E-state index in [2.05, 4.69) is 25.3 Å². The van der Waals surface area contributed by atoms with Gasteiger partial charge in [0.25, 0.3) is 0 Å². The molecule has 3 heteroatoms. The molecule has 0 saturated carbocycles. The first kappa shape index (κ1) is 5.19. The molecule has 0 saturated heterocycles. The van der Waals surface area contributed by atoms with Gasteiger partial charge < -0.3 is 0 Å². The van der Waals surface area contributed by atoms with Crippen molar-refractivity contribution in [3.8, 4) is 6.07 Å². The van der Waals surface area contributed by atoms with E-state index in [1.165, 1.54) is 0 Å². The number of hydrogen-bond acceptors (Lipinski definition) is 3. The molecule has 0 aromatic heterocycles. The van der Waals surface area contributed by atoms with E-state index in [9.17, 15) is 0 Å². The summed E-state index contributed by atoms with van der Waals surface area (Å²) in [5.74, 6) is 0. The molecule has 0 N–H and O–H groups in total. The minimum atomic E-state index is -0.421. The van der Waals surface area contributed by atoms with Crippen molar-refractivity contribution in [1.29, 1.82) is 5.26 Å². The van der Waals surface area contributed by atoms with Crippen LogP contribution in [0.1, 0.15) is 0 Å². The van der Waals surface area contributed by atoms with Crippen molar-refractivity contribution in [2.45, 2.75) is 4.58 Å². The Morgan fingerprint density at radius 2 is 1.80 bits per heavy atom. The van der Waals surface area contributed by atoms with Crippen LogP contribution >= 0.6 is 25.3 Å². The van der Waals surface area contributed by atoms with Crippen LogP contribution in [0.2, 0.25) is 0 Å². The van der Waals surface area contributed by atoms with Gasteiger partial charge in [0.05, 0.1) is 6.07 Å². The quantitative estimate of drug-likeness (QED) is 0.344. The van der Waals surface area contributed by atoms with Crippen LogP contribution in [0.3, 0.4) is 0 Å². The highest BCUT2D eigenvalue weighted by Crippen LogP contribution is 1.93. The SMILES string of the molecule is N#CC(S)S. The van der Waals surface area contributed by atoms with E-state index in [1.54, 1.807) is 6.07 Å². The molecule has 0 spiro atoms. The van der Waals surface area contributed by atoms with Gasteiger partial charge in [-0.25, -0.2) is 0 Å². The van der Waals surface area contributed by atoms with E-state index < -0.39 is 4.58 Å². The van der Waals surface area contributed by atoms with Crippen LogP contribution in [0, 0.1) is 11.3 Å². The molecule has 0 unspecified atom stereocenters. The van der Waals surface area contributed by atoms with Crippen LogP contribution < -0.4 is 0 Å². The Labute approximate surface area is 41.8 Å². The summed E-state index contributed by atoms with van der Waals surface area (Å²) in [6, 6.07) is 1.76. The van der Waals surface area contributed by atoms with E-state index in [0.717, 1.165) is 0 Å². The number of thiol groups is 2. The average molecular weight is 105 g/mol. The minimum absolute atomic E-state index is 0.421. The molecule has 0 bridgehead atoms. The van der Waals surface area contributed by atoms with E-state index in [0.29, 0.717) is 0 Å². The van der Waals surface area contributed by atoms with Gasteiger partial charge in [-0.05, 0) is 0 Å². The Bertz CT molecular complexity index is 53.2. The van der Waals surface area contributed by atoms with Crippen LogP contribution in [0.15, 0.2) is 0 Å². The highest BCUT2D eigenvalue weighted by atomic mass is 32.2. The summed E-state index contributed by atoms with van der Waals surface area (Å²) in [4.78, 5) is 0. The maximum absolute atomic E-state index is 7.74. The van der Waals surface area contributed by atoms with Gasteiger partial charge in [0.1, 0.15) is 4.58 Å². The lowest BCUT2D eigenvalue weighted by Crippen LogP contribution is -1.71. The second-order valence-electron chi connectivity index (χ2n) is 0.503. The van der Waals surface area contributed by atoms with Crippen LogP contribution in [0.4, 0.5) is 0 Å². The van der Waals surface area contributed by atoms with Crippen molar-refractivity contribution in [2.24, 2.45) is 0 Å². The lowest BCUT2D eigenvalue weighted by Gasteiger charge is -1.74. The fraction of sp³-hybridized carbons (Fsp3) is 0.500. The van der Waals surface area contributed by atoms with E-state index in [1.807, 2.05) is 0 Å². The first-order valence-electron chi connectivity index (χ1n) is 1.03. The molecule has 0 aliphatic carbocycles. The zero-order valence-electron chi connectivity index (χ0n) is 2.42. The second-order valence-corrected chi connectivity index (χ2v) is 1.94. The normalized spacial score (nSPS) is 7.60. The molecule has 0 radical (unpaired) electrons. The van der Waals surface area contributed by atoms with Crippen molar-refractivity contribution < 1.29 is 0 Å². The molecule has 0 aromatic carbocycles. The third-order valence-electron chi connectivity index (χ3n) is 0.115. The second kappa shape index (κ2) is 2.43. The fourth-order valence-electron chi connectivity index (χ4n) is 0. The van der Waals surface area contributed by atoms with Crippen molar-refractivity contribution in [2.75, 3.05) is 0 Å². The van der Waals surface area contributed by atoms with Gasteiger partial charge in [-0.15, -0.1) is 0 Å². The number of nitriles is 1. The summed E-state index contributed by atoms with van der Waals surface area (Å²) in [6.45, 7) is 0. The third kappa shape index (κ3) is 4.19. The molecule has 0 aromatic rings. The predicted octanol–water partition coefficient (Wildman–Crippen LogP) is 0.696. The van der Waals surface area contributed by atoms with Gasteiger partial charge >= 0.3 is 0 Å². The van der Waals surface area contributed by atoms with Crippen LogP contribution in [-0.4, -0.2) is 4.58 Å². The molecule has 0 heterocycles. The van der Waals surface area contributed by atoms with Crippen LogP contribution in [-0.2, 0) is 0 Å². The Morgan fingerprint density at radius 3 is 1.80 bits per heavy atom. The molecule has 0 fully saturated rings. The van der Waals surface area contributed by atoms with Crippen molar-refractivity contribution in [3.63, 3.8) is 0 Å². The molecular formula is C2H3NS2. The summed E-state index contributed by atoms with van der Waals surface area (Å²) < 4.78 is -0.421. The highest BCUT2D eigenvalue weighted by molar-refractivity contribution is 7.99. The van der Waals surface area contributed by atoms with Crippen molar-refractivity contribution in [3.05, 3.63) is 0 Å². The summed E-state index contributed by atoms with van der Waals surface area (Å²) in [5.41, 5.74) is 0. The van der Waals surface area contributed by atoms with E-state index >= 15 is 0 Å². The third-order valence-corrected chi connectivity index (χ3v) is 0.346. The van der Waals surface area contributed by atoms with Gasteiger partial charge in [0.15, 0.2) is 0 Å². The molecule has 0 aliphatic rings. The summed E-state index contributed by atoms with van der Waals surface area (Å²) in [6.07, 6.45) is 0. The predicted molar refractivity (Wildman–Crippen MR) is 27.4 cm³/mol. The Balaban J connectivity index is 2.94. The van der Waals surface area contributed by atoms with Gasteiger partial charge in [-0.3, -0.25) is 0 Å². The Hall–Kier alpha value is 0.190. The number of rotatable bonds is 0. The highest BCUT2D eigenvalue weighted by Gasteiger charge is 1.80. The molecular weight excluding hydrogens is 102 g/mol. The average Bonchev–Trinajstić information content (AvgIpc) is 1.38. The van der Waals surface area contributed by atoms with Crippen LogP contribution in [0.5, 0.6) is 0 Å². The smallest absolute Gasteiger partial charge is 0.132 e. The van der Waals surface area contributed by atoms with Crippen LogP contribution in [0.25, 0.3) is 0 Å². The molecule has 28 valence electrons. The van der Waals surface area contributed by atoms with E-state index in [-0.39, 0.29) is 0 Å². The maximum atomic E-state index is 7.74. The standard InChI is InChI=1S/C2H3NS2/c3-1-2(4)5/h2,4-5H. The zero-order chi connectivity index (χ0) is 4.28. The molecule has 1 nitrogen and oxygen atoms in total. The molecule has 0 amide bonds. The van der Waals surface area contributed by atoms with E-state index in [4.69, 9.17) is 5.26 Å². The zero-order valence-corrected chi connectivity index (χ0v) is 4.21. The molecule has 0 atom stereocenters. The summed E-state index contributed by atoms with van der Waals surface area (Å²) in [7, 11) is 0. The Morgan fingerprint density at radius 1 is 1.60 bits per heavy atom.